The maximum Gasteiger partial charge on any atom is 0.433 e. The van der Waals surface area contributed by atoms with Gasteiger partial charge in [-0.2, -0.15) is 23.4 Å². The van der Waals surface area contributed by atoms with E-state index in [4.69, 9.17) is 0 Å². The van der Waals surface area contributed by atoms with Crippen LogP contribution in [0, 0.1) is 0 Å². The molecule has 1 amide bonds. The van der Waals surface area contributed by atoms with E-state index >= 15 is 0 Å². The topological polar surface area (TPSA) is 92.4 Å². The summed E-state index contributed by atoms with van der Waals surface area (Å²) in [5.74, 6) is -0.739. The van der Waals surface area contributed by atoms with Gasteiger partial charge in [-0.05, 0) is 18.2 Å². The Morgan fingerprint density at radius 2 is 1.84 bits per heavy atom. The molecule has 7 nitrogen and oxygen atoms in total. The Labute approximate surface area is 183 Å². The smallest absolute Gasteiger partial charge is 0.433 e. The molecule has 4 aromatic rings. The minimum Gasteiger partial charge on any atom is -0.507 e. The SMILES string of the molecule is O=C(N/N=C\c1ccccc1O)c1csc(-n2nc(-c3ccccc3)cc2C(F)(F)F)n1. The quantitative estimate of drug-likeness (QED) is 0.341. The summed E-state index contributed by atoms with van der Waals surface area (Å²) in [6.07, 6.45) is -3.43. The van der Waals surface area contributed by atoms with Gasteiger partial charge in [0, 0.05) is 16.5 Å². The second kappa shape index (κ2) is 8.63. The number of hydrazone groups is 1. The zero-order chi connectivity index (χ0) is 22.7. The van der Waals surface area contributed by atoms with Gasteiger partial charge in [0.05, 0.1) is 11.9 Å². The zero-order valence-electron chi connectivity index (χ0n) is 16.1. The summed E-state index contributed by atoms with van der Waals surface area (Å²) in [5.41, 5.74) is 2.13. The van der Waals surface area contributed by atoms with Crippen LogP contribution in [0.3, 0.4) is 0 Å². The molecule has 0 aliphatic rings. The number of aromatic hydroxyl groups is 1. The molecule has 0 bridgehead atoms. The summed E-state index contributed by atoms with van der Waals surface area (Å²) in [6.45, 7) is 0. The van der Waals surface area contributed by atoms with Crippen molar-refractivity contribution in [3.63, 3.8) is 0 Å². The van der Waals surface area contributed by atoms with Crippen molar-refractivity contribution in [2.45, 2.75) is 6.18 Å². The molecule has 162 valence electrons. The van der Waals surface area contributed by atoms with Gasteiger partial charge in [-0.25, -0.2) is 15.1 Å². The van der Waals surface area contributed by atoms with Crippen molar-refractivity contribution in [3.8, 4) is 22.1 Å². The second-order valence-electron chi connectivity index (χ2n) is 6.46. The lowest BCUT2D eigenvalue weighted by Gasteiger charge is -2.06. The van der Waals surface area contributed by atoms with Crippen LogP contribution < -0.4 is 5.43 Å². The van der Waals surface area contributed by atoms with Crippen molar-refractivity contribution in [1.29, 1.82) is 0 Å². The minimum atomic E-state index is -4.67. The number of phenols is 1. The lowest BCUT2D eigenvalue weighted by Crippen LogP contribution is -2.18. The zero-order valence-corrected chi connectivity index (χ0v) is 16.9. The Balaban J connectivity index is 1.58. The first kappa shape index (κ1) is 21.2. The van der Waals surface area contributed by atoms with Gasteiger partial charge in [0.15, 0.2) is 5.69 Å². The molecule has 0 unspecified atom stereocenters. The molecule has 0 atom stereocenters. The molecule has 0 fully saturated rings. The van der Waals surface area contributed by atoms with Crippen molar-refractivity contribution in [2.24, 2.45) is 5.10 Å². The molecule has 2 heterocycles. The van der Waals surface area contributed by atoms with Crippen LogP contribution in [0.2, 0.25) is 0 Å². The molecule has 0 aliphatic carbocycles. The van der Waals surface area contributed by atoms with E-state index in [1.165, 1.54) is 17.7 Å². The number of aromatic nitrogens is 3. The van der Waals surface area contributed by atoms with Crippen molar-refractivity contribution < 1.29 is 23.1 Å². The predicted octanol–water partition coefficient (Wildman–Crippen LogP) is 4.48. The highest BCUT2D eigenvalue weighted by molar-refractivity contribution is 7.12. The van der Waals surface area contributed by atoms with E-state index in [9.17, 15) is 23.1 Å². The Morgan fingerprint density at radius 1 is 1.12 bits per heavy atom. The molecule has 0 saturated carbocycles. The Hall–Kier alpha value is -3.99. The second-order valence-corrected chi connectivity index (χ2v) is 7.30. The fourth-order valence-corrected chi connectivity index (χ4v) is 3.53. The molecular formula is C21H14F3N5O2S. The van der Waals surface area contributed by atoms with Crippen LogP contribution in [0.4, 0.5) is 13.2 Å². The third-order valence-corrected chi connectivity index (χ3v) is 5.10. The predicted molar refractivity (Wildman–Crippen MR) is 113 cm³/mol. The van der Waals surface area contributed by atoms with Crippen molar-refractivity contribution >= 4 is 23.5 Å². The number of nitrogens with zero attached hydrogens (tertiary/aromatic N) is 4. The number of amides is 1. The first-order chi connectivity index (χ1) is 15.3. The maximum absolute atomic E-state index is 13.6. The van der Waals surface area contributed by atoms with Crippen molar-refractivity contribution in [3.05, 3.63) is 83.0 Å². The largest absolute Gasteiger partial charge is 0.507 e. The Kier molecular flexibility index (Phi) is 5.73. The highest BCUT2D eigenvalue weighted by Gasteiger charge is 2.37. The summed E-state index contributed by atoms with van der Waals surface area (Å²) in [5, 5.41) is 18.7. The number of carbonyl (C=O) groups excluding carboxylic acids is 1. The molecule has 0 aliphatic heterocycles. The highest BCUT2D eigenvalue weighted by atomic mass is 32.1. The molecular weight excluding hydrogens is 443 g/mol. The standard InChI is InChI=1S/C21H14F3N5O2S/c22-21(23,24)18-10-15(13-6-2-1-3-7-13)28-29(18)20-26-16(12-32-20)19(31)27-25-11-14-8-4-5-9-17(14)30/h1-12,30H,(H,27,31)/b25-11-. The molecule has 2 N–H and O–H groups in total. The van der Waals surface area contributed by atoms with Crippen LogP contribution in [-0.2, 0) is 6.18 Å². The van der Waals surface area contributed by atoms with Crippen molar-refractivity contribution in [1.82, 2.24) is 20.2 Å². The highest BCUT2D eigenvalue weighted by Crippen LogP contribution is 2.34. The number of para-hydroxylation sites is 1. The number of alkyl halides is 3. The van der Waals surface area contributed by atoms with E-state index in [1.54, 1.807) is 48.5 Å². The molecule has 2 aromatic carbocycles. The van der Waals surface area contributed by atoms with Crippen LogP contribution >= 0.6 is 11.3 Å². The van der Waals surface area contributed by atoms with Gasteiger partial charge in [-0.15, -0.1) is 11.3 Å². The molecule has 0 saturated heterocycles. The summed E-state index contributed by atoms with van der Waals surface area (Å²) >= 11 is 0.839. The molecule has 0 spiro atoms. The Bertz CT molecular complexity index is 1280. The summed E-state index contributed by atoms with van der Waals surface area (Å²) in [7, 11) is 0. The van der Waals surface area contributed by atoms with Gasteiger partial charge in [-0.1, -0.05) is 42.5 Å². The number of halogens is 3. The minimum absolute atomic E-state index is 0.0194. The normalized spacial score (nSPS) is 11.7. The van der Waals surface area contributed by atoms with E-state index in [0.717, 1.165) is 17.4 Å². The number of rotatable bonds is 5. The third-order valence-electron chi connectivity index (χ3n) is 4.28. The summed E-state index contributed by atoms with van der Waals surface area (Å²) in [6, 6.07) is 15.7. The lowest BCUT2D eigenvalue weighted by atomic mass is 10.1. The number of carbonyl (C=O) groups is 1. The monoisotopic (exact) mass is 457 g/mol. The van der Waals surface area contributed by atoms with Gasteiger partial charge in [0.1, 0.15) is 11.4 Å². The van der Waals surface area contributed by atoms with E-state index in [-0.39, 0.29) is 22.3 Å². The van der Waals surface area contributed by atoms with Crippen LogP contribution in [0.5, 0.6) is 5.75 Å². The number of benzene rings is 2. The van der Waals surface area contributed by atoms with Gasteiger partial charge in [0.25, 0.3) is 5.91 Å². The van der Waals surface area contributed by atoms with E-state index in [1.807, 2.05) is 0 Å². The fraction of sp³-hybridized carbons (Fsp3) is 0.0476. The number of phenolic OH excluding ortho intramolecular Hbond substituents is 1. The number of hydrogen-bond acceptors (Lipinski definition) is 6. The Morgan fingerprint density at radius 3 is 2.56 bits per heavy atom. The first-order valence-electron chi connectivity index (χ1n) is 9.13. The lowest BCUT2D eigenvalue weighted by molar-refractivity contribution is -0.142. The van der Waals surface area contributed by atoms with Crippen LogP contribution in [-0.4, -0.2) is 32.0 Å². The average molecular weight is 457 g/mol. The third kappa shape index (κ3) is 4.52. The number of hydrogen-bond donors (Lipinski definition) is 2. The number of thiazole rings is 1. The van der Waals surface area contributed by atoms with E-state index in [0.29, 0.717) is 15.8 Å². The van der Waals surface area contributed by atoms with Crippen molar-refractivity contribution in [2.75, 3.05) is 0 Å². The fourth-order valence-electron chi connectivity index (χ4n) is 2.76. The van der Waals surface area contributed by atoms with Gasteiger partial charge < -0.3 is 5.11 Å². The summed E-state index contributed by atoms with van der Waals surface area (Å²) < 4.78 is 41.4. The van der Waals surface area contributed by atoms with Gasteiger partial charge in [0.2, 0.25) is 5.13 Å². The van der Waals surface area contributed by atoms with Gasteiger partial charge >= 0.3 is 6.18 Å². The first-order valence-corrected chi connectivity index (χ1v) is 10.0. The average Bonchev–Trinajstić information content (AvgIpc) is 3.43. The molecule has 11 heteroatoms. The van der Waals surface area contributed by atoms with Crippen LogP contribution in [0.1, 0.15) is 21.7 Å². The summed E-state index contributed by atoms with van der Waals surface area (Å²) in [4.78, 5) is 16.3. The molecule has 4 rings (SSSR count). The van der Waals surface area contributed by atoms with E-state index in [2.05, 4.69) is 20.6 Å². The molecule has 2 aromatic heterocycles. The maximum atomic E-state index is 13.6. The van der Waals surface area contributed by atoms with Crippen LogP contribution in [0.15, 0.2) is 71.1 Å². The van der Waals surface area contributed by atoms with Crippen LogP contribution in [0.25, 0.3) is 16.4 Å². The molecule has 0 radical (unpaired) electrons. The van der Waals surface area contributed by atoms with E-state index < -0.39 is 17.8 Å². The molecule has 32 heavy (non-hydrogen) atoms. The van der Waals surface area contributed by atoms with Gasteiger partial charge in [-0.3, -0.25) is 4.79 Å². The number of nitrogens with one attached hydrogen (secondary N) is 1.